The van der Waals surface area contributed by atoms with Gasteiger partial charge in [-0.3, -0.25) is 0 Å². The lowest BCUT2D eigenvalue weighted by atomic mass is 9.99. The molecule has 1 heterocycles. The summed E-state index contributed by atoms with van der Waals surface area (Å²) in [4.78, 5) is 0. The standard InChI is InChI=1S/C24H42NO.BrH/c1-3-4-5-6-7-8-9-10-11-15-20-25(2)21-16-19-23(25)24(26)22-17-13-12-14-18-22;/h12-14,17-18,23-24,26H,3-11,15-16,19-21H2,1-2H3;1H/q+1;/p-1. The SMILES string of the molecule is CCCCCCCCCCCC[N+]1(C)CCCC1C(O)c1ccccc1.[Br-]. The van der Waals surface area contributed by atoms with E-state index in [4.69, 9.17) is 0 Å². The molecular weight excluding hydrogens is 398 g/mol. The molecule has 1 aliphatic rings. The van der Waals surface area contributed by atoms with Crippen molar-refractivity contribution < 1.29 is 26.6 Å². The molecule has 1 aliphatic heterocycles. The Hall–Kier alpha value is -0.380. The van der Waals surface area contributed by atoms with Gasteiger partial charge < -0.3 is 26.6 Å². The summed E-state index contributed by atoms with van der Waals surface area (Å²) in [6.07, 6.45) is 16.0. The molecule has 0 amide bonds. The van der Waals surface area contributed by atoms with E-state index in [9.17, 15) is 5.11 Å². The normalized spacial score (nSPS) is 23.1. The first-order chi connectivity index (χ1) is 12.7. The second-order valence-electron chi connectivity index (χ2n) is 8.67. The lowest BCUT2D eigenvalue weighted by molar-refractivity contribution is -0.925. The van der Waals surface area contributed by atoms with Crippen molar-refractivity contribution in [2.75, 3.05) is 20.1 Å². The van der Waals surface area contributed by atoms with Gasteiger partial charge in [0.1, 0.15) is 12.1 Å². The second kappa shape index (κ2) is 13.7. The number of likely N-dealkylation sites (tertiary alicyclic amines) is 1. The summed E-state index contributed by atoms with van der Waals surface area (Å²) in [7, 11) is 2.37. The fraction of sp³-hybridized carbons (Fsp3) is 0.750. The van der Waals surface area contributed by atoms with Crippen LogP contribution in [-0.2, 0) is 0 Å². The first-order valence-corrected chi connectivity index (χ1v) is 11.2. The second-order valence-corrected chi connectivity index (χ2v) is 8.67. The van der Waals surface area contributed by atoms with Gasteiger partial charge in [-0.15, -0.1) is 0 Å². The summed E-state index contributed by atoms with van der Waals surface area (Å²) < 4.78 is 1.06. The van der Waals surface area contributed by atoms with E-state index in [2.05, 4.69) is 26.1 Å². The van der Waals surface area contributed by atoms with E-state index in [0.717, 1.165) is 16.5 Å². The van der Waals surface area contributed by atoms with E-state index in [1.165, 1.54) is 83.7 Å². The number of unbranched alkanes of at least 4 members (excludes halogenated alkanes) is 9. The van der Waals surface area contributed by atoms with Gasteiger partial charge in [-0.25, -0.2) is 0 Å². The van der Waals surface area contributed by atoms with Gasteiger partial charge in [0.05, 0.1) is 20.1 Å². The minimum atomic E-state index is -0.313. The fourth-order valence-electron chi connectivity index (χ4n) is 4.75. The van der Waals surface area contributed by atoms with Crippen LogP contribution < -0.4 is 17.0 Å². The van der Waals surface area contributed by atoms with Crippen LogP contribution in [0.5, 0.6) is 0 Å². The number of hydrogen-bond donors (Lipinski definition) is 1. The Labute approximate surface area is 178 Å². The molecule has 0 spiro atoms. The highest BCUT2D eigenvalue weighted by Gasteiger charge is 2.42. The predicted octanol–water partition coefficient (Wildman–Crippen LogP) is 3.25. The number of rotatable bonds is 13. The summed E-state index contributed by atoms with van der Waals surface area (Å²) in [6, 6.07) is 10.6. The maximum Gasteiger partial charge on any atom is 0.131 e. The zero-order valence-electron chi connectivity index (χ0n) is 17.7. The highest BCUT2D eigenvalue weighted by atomic mass is 79.9. The molecular formula is C24H42BrNO. The molecule has 1 fully saturated rings. The number of likely N-dealkylation sites (N-methyl/N-ethyl adjacent to an activating group) is 1. The molecule has 1 saturated heterocycles. The maximum atomic E-state index is 10.9. The molecule has 3 atom stereocenters. The van der Waals surface area contributed by atoms with Crippen LogP contribution in [-0.4, -0.2) is 35.8 Å². The minimum absolute atomic E-state index is 0. The van der Waals surface area contributed by atoms with Crippen molar-refractivity contribution in [3.63, 3.8) is 0 Å². The first kappa shape index (κ1) is 24.7. The van der Waals surface area contributed by atoms with Crippen molar-refractivity contribution >= 4 is 0 Å². The Kier molecular flexibility index (Phi) is 12.5. The summed E-state index contributed by atoms with van der Waals surface area (Å²) in [6.45, 7) is 4.74. The Morgan fingerprint density at radius 2 is 1.48 bits per heavy atom. The fourth-order valence-corrected chi connectivity index (χ4v) is 4.75. The number of halogens is 1. The van der Waals surface area contributed by atoms with E-state index in [-0.39, 0.29) is 23.1 Å². The average Bonchev–Trinajstić information content (AvgIpc) is 3.05. The molecule has 2 rings (SSSR count). The Morgan fingerprint density at radius 3 is 2.07 bits per heavy atom. The smallest absolute Gasteiger partial charge is 0.131 e. The quantitative estimate of drug-likeness (QED) is 0.369. The van der Waals surface area contributed by atoms with Crippen molar-refractivity contribution in [3.05, 3.63) is 35.9 Å². The third-order valence-corrected chi connectivity index (χ3v) is 6.50. The predicted molar refractivity (Wildman–Crippen MR) is 112 cm³/mol. The van der Waals surface area contributed by atoms with Crippen LogP contribution in [0.15, 0.2) is 30.3 Å². The van der Waals surface area contributed by atoms with Gasteiger partial charge in [0.2, 0.25) is 0 Å². The molecule has 3 unspecified atom stereocenters. The van der Waals surface area contributed by atoms with E-state index in [1.54, 1.807) is 0 Å². The number of nitrogens with zero attached hydrogens (tertiary/aromatic N) is 1. The highest BCUT2D eigenvalue weighted by Crippen LogP contribution is 2.34. The molecule has 1 N–H and O–H groups in total. The van der Waals surface area contributed by atoms with Crippen molar-refractivity contribution in [3.8, 4) is 0 Å². The number of aliphatic hydroxyl groups is 1. The van der Waals surface area contributed by atoms with Crippen LogP contribution in [0.25, 0.3) is 0 Å². The highest BCUT2D eigenvalue weighted by molar-refractivity contribution is 5.18. The third kappa shape index (κ3) is 8.25. The zero-order chi connectivity index (χ0) is 18.7. The molecule has 1 aromatic carbocycles. The molecule has 27 heavy (non-hydrogen) atoms. The van der Waals surface area contributed by atoms with Gasteiger partial charge in [0.25, 0.3) is 0 Å². The molecule has 1 aromatic rings. The van der Waals surface area contributed by atoms with E-state index in [0.29, 0.717) is 6.04 Å². The Bertz CT molecular complexity index is 481. The number of aliphatic hydroxyl groups excluding tert-OH is 1. The zero-order valence-corrected chi connectivity index (χ0v) is 19.3. The van der Waals surface area contributed by atoms with Crippen LogP contribution in [0.2, 0.25) is 0 Å². The summed E-state index contributed by atoms with van der Waals surface area (Å²) >= 11 is 0. The molecule has 0 aromatic heterocycles. The first-order valence-electron chi connectivity index (χ1n) is 11.2. The Morgan fingerprint density at radius 1 is 0.926 bits per heavy atom. The molecule has 0 saturated carbocycles. The van der Waals surface area contributed by atoms with E-state index >= 15 is 0 Å². The summed E-state index contributed by atoms with van der Waals surface area (Å²) in [5.74, 6) is 0. The van der Waals surface area contributed by atoms with Crippen LogP contribution >= 0.6 is 0 Å². The monoisotopic (exact) mass is 439 g/mol. The number of benzene rings is 1. The maximum absolute atomic E-state index is 10.9. The molecule has 0 radical (unpaired) electrons. The van der Waals surface area contributed by atoms with E-state index in [1.807, 2.05) is 18.2 Å². The van der Waals surface area contributed by atoms with Crippen molar-refractivity contribution in [2.24, 2.45) is 0 Å². The van der Waals surface area contributed by atoms with Gasteiger partial charge in [-0.1, -0.05) is 88.6 Å². The molecule has 2 nitrogen and oxygen atoms in total. The molecule has 0 aliphatic carbocycles. The van der Waals surface area contributed by atoms with Crippen molar-refractivity contribution in [2.45, 2.75) is 96.1 Å². The largest absolute Gasteiger partial charge is 1.00 e. The lowest BCUT2D eigenvalue weighted by Gasteiger charge is -2.38. The summed E-state index contributed by atoms with van der Waals surface area (Å²) in [5, 5.41) is 10.9. The van der Waals surface area contributed by atoms with Gasteiger partial charge in [-0.05, 0) is 18.4 Å². The molecule has 0 bridgehead atoms. The van der Waals surface area contributed by atoms with Crippen LogP contribution in [0.1, 0.15) is 95.6 Å². The van der Waals surface area contributed by atoms with Crippen LogP contribution in [0.4, 0.5) is 0 Å². The molecule has 156 valence electrons. The topological polar surface area (TPSA) is 20.2 Å². The number of hydrogen-bond acceptors (Lipinski definition) is 1. The number of quaternary nitrogens is 1. The third-order valence-electron chi connectivity index (χ3n) is 6.50. The van der Waals surface area contributed by atoms with Crippen molar-refractivity contribution in [1.82, 2.24) is 0 Å². The average molecular weight is 441 g/mol. The Balaban J connectivity index is 0.00000364. The molecule has 3 heteroatoms. The van der Waals surface area contributed by atoms with Gasteiger partial charge in [-0.2, -0.15) is 0 Å². The van der Waals surface area contributed by atoms with Crippen molar-refractivity contribution in [1.29, 1.82) is 0 Å². The van der Waals surface area contributed by atoms with Gasteiger partial charge in [0.15, 0.2) is 0 Å². The van der Waals surface area contributed by atoms with E-state index < -0.39 is 0 Å². The summed E-state index contributed by atoms with van der Waals surface area (Å²) in [5.41, 5.74) is 1.09. The van der Waals surface area contributed by atoms with Gasteiger partial charge >= 0.3 is 0 Å². The minimum Gasteiger partial charge on any atom is -1.00 e. The van der Waals surface area contributed by atoms with Gasteiger partial charge in [0, 0.05) is 12.8 Å². The lowest BCUT2D eigenvalue weighted by Crippen LogP contribution is -3.00. The van der Waals surface area contributed by atoms with Crippen LogP contribution in [0, 0.1) is 0 Å². The van der Waals surface area contributed by atoms with Crippen LogP contribution in [0.3, 0.4) is 0 Å².